The Kier molecular flexibility index (Phi) is 7.20. The number of carbonyl (C=O) groups excluding carboxylic acids is 1. The molecule has 0 radical (unpaired) electrons. The second-order valence-corrected chi connectivity index (χ2v) is 10.0. The third-order valence-corrected chi connectivity index (χ3v) is 7.29. The highest BCUT2D eigenvalue weighted by Crippen LogP contribution is 2.43. The normalized spacial score (nSPS) is 17.1. The molecule has 1 aliphatic heterocycles. The molecule has 1 amide bonds. The van der Waals surface area contributed by atoms with Crippen molar-refractivity contribution in [1.29, 1.82) is 0 Å². The zero-order chi connectivity index (χ0) is 26.1. The molecule has 0 saturated carbocycles. The second-order valence-electron chi connectivity index (χ2n) is 8.80. The molecular formula is C28H25Cl2N5OS. The molecule has 37 heavy (non-hydrogen) atoms. The SMILES string of the molecule is CCC(=O)Nc1ccc(N2C(=S)N[C@H](c3ccccn3)[C@H]2c2cccn2-c2ccc(Cl)cc2Cl)cc1C. The fourth-order valence-corrected chi connectivity index (χ4v) is 5.49. The Morgan fingerprint density at radius 1 is 1.11 bits per heavy atom. The number of aromatic nitrogens is 2. The number of halogens is 2. The van der Waals surface area contributed by atoms with E-state index < -0.39 is 0 Å². The summed E-state index contributed by atoms with van der Waals surface area (Å²) in [6.45, 7) is 3.81. The lowest BCUT2D eigenvalue weighted by molar-refractivity contribution is -0.115. The molecule has 188 valence electrons. The first-order valence-corrected chi connectivity index (χ1v) is 13.1. The first-order chi connectivity index (χ1) is 17.9. The Morgan fingerprint density at radius 3 is 2.65 bits per heavy atom. The average Bonchev–Trinajstić information content (AvgIpc) is 3.50. The lowest BCUT2D eigenvalue weighted by Gasteiger charge is -2.29. The van der Waals surface area contributed by atoms with Crippen molar-refractivity contribution in [2.45, 2.75) is 32.4 Å². The molecule has 1 aliphatic rings. The minimum atomic E-state index is -0.236. The third kappa shape index (κ3) is 4.94. The van der Waals surface area contributed by atoms with E-state index in [1.54, 1.807) is 12.3 Å². The summed E-state index contributed by atoms with van der Waals surface area (Å²) in [5, 5.41) is 8.16. The third-order valence-electron chi connectivity index (χ3n) is 6.43. The first kappa shape index (κ1) is 25.3. The van der Waals surface area contributed by atoms with E-state index in [-0.39, 0.29) is 18.0 Å². The summed E-state index contributed by atoms with van der Waals surface area (Å²) in [5.74, 6) is -0.0278. The van der Waals surface area contributed by atoms with Crippen LogP contribution in [0.1, 0.15) is 42.4 Å². The Bertz CT molecular complexity index is 1470. The van der Waals surface area contributed by atoms with E-state index in [4.69, 9.17) is 35.4 Å². The number of nitrogens with zero attached hydrogens (tertiary/aromatic N) is 3. The summed E-state index contributed by atoms with van der Waals surface area (Å²) in [6, 6.07) is 20.9. The second kappa shape index (κ2) is 10.5. The van der Waals surface area contributed by atoms with Crippen molar-refractivity contribution in [3.05, 3.63) is 106 Å². The van der Waals surface area contributed by atoms with Gasteiger partial charge in [-0.1, -0.05) is 36.2 Å². The number of hydrogen-bond donors (Lipinski definition) is 2. The van der Waals surface area contributed by atoms with Gasteiger partial charge in [-0.3, -0.25) is 9.78 Å². The van der Waals surface area contributed by atoms with E-state index in [9.17, 15) is 4.79 Å². The predicted octanol–water partition coefficient (Wildman–Crippen LogP) is 7.01. The van der Waals surface area contributed by atoms with Crippen LogP contribution >= 0.6 is 35.4 Å². The molecule has 1 saturated heterocycles. The Labute approximate surface area is 231 Å². The molecule has 2 aromatic carbocycles. The molecule has 0 unspecified atom stereocenters. The van der Waals surface area contributed by atoms with Crippen LogP contribution in [0.25, 0.3) is 5.69 Å². The van der Waals surface area contributed by atoms with E-state index in [1.165, 1.54) is 0 Å². The van der Waals surface area contributed by atoms with Crippen LogP contribution in [0.3, 0.4) is 0 Å². The Hall–Kier alpha value is -3.39. The first-order valence-electron chi connectivity index (χ1n) is 11.9. The van der Waals surface area contributed by atoms with Crippen molar-refractivity contribution < 1.29 is 4.79 Å². The highest BCUT2D eigenvalue weighted by atomic mass is 35.5. The van der Waals surface area contributed by atoms with Crippen molar-refractivity contribution in [3.8, 4) is 5.69 Å². The number of nitrogens with one attached hydrogen (secondary N) is 2. The molecule has 0 spiro atoms. The van der Waals surface area contributed by atoms with Gasteiger partial charge in [0.05, 0.1) is 22.4 Å². The maximum absolute atomic E-state index is 12.0. The van der Waals surface area contributed by atoms with Gasteiger partial charge in [-0.25, -0.2) is 0 Å². The predicted molar refractivity (Wildman–Crippen MR) is 154 cm³/mol. The van der Waals surface area contributed by atoms with E-state index in [2.05, 4.69) is 31.2 Å². The van der Waals surface area contributed by atoms with Crippen LogP contribution in [0.2, 0.25) is 10.0 Å². The number of aryl methyl sites for hydroxylation is 1. The van der Waals surface area contributed by atoms with E-state index in [0.717, 1.165) is 34.0 Å². The number of thiocarbonyl (C=S) groups is 1. The van der Waals surface area contributed by atoms with E-state index in [1.807, 2.05) is 74.6 Å². The number of carbonyl (C=O) groups is 1. The summed E-state index contributed by atoms with van der Waals surface area (Å²) < 4.78 is 2.06. The summed E-state index contributed by atoms with van der Waals surface area (Å²) in [6.07, 6.45) is 4.18. The molecule has 9 heteroatoms. The molecular weight excluding hydrogens is 525 g/mol. The highest BCUT2D eigenvalue weighted by Gasteiger charge is 2.42. The lowest BCUT2D eigenvalue weighted by Crippen LogP contribution is -2.30. The van der Waals surface area contributed by atoms with Gasteiger partial charge in [0, 0.05) is 40.9 Å². The van der Waals surface area contributed by atoms with Gasteiger partial charge in [0.2, 0.25) is 5.91 Å². The number of pyridine rings is 1. The summed E-state index contributed by atoms with van der Waals surface area (Å²) in [4.78, 5) is 18.7. The van der Waals surface area contributed by atoms with Gasteiger partial charge in [0.15, 0.2) is 5.11 Å². The van der Waals surface area contributed by atoms with Crippen LogP contribution < -0.4 is 15.5 Å². The molecule has 4 aromatic rings. The largest absolute Gasteiger partial charge is 0.351 e. The van der Waals surface area contributed by atoms with Crippen molar-refractivity contribution in [2.75, 3.05) is 10.2 Å². The zero-order valence-corrected chi connectivity index (χ0v) is 22.6. The van der Waals surface area contributed by atoms with Gasteiger partial charge in [0.25, 0.3) is 0 Å². The van der Waals surface area contributed by atoms with Crippen LogP contribution in [0.5, 0.6) is 0 Å². The average molecular weight is 551 g/mol. The van der Waals surface area contributed by atoms with E-state index in [0.29, 0.717) is 21.6 Å². The molecule has 0 bridgehead atoms. The van der Waals surface area contributed by atoms with Crippen LogP contribution in [0.15, 0.2) is 79.1 Å². The van der Waals surface area contributed by atoms with Crippen LogP contribution in [-0.2, 0) is 4.79 Å². The van der Waals surface area contributed by atoms with Gasteiger partial charge < -0.3 is 20.1 Å². The standard InChI is InChI=1S/C28H25Cl2N5OS/c1-3-25(36)32-21-11-10-19(15-17(21)2)35-27(26(33-28(35)37)22-7-4-5-13-31-22)24-8-6-14-34(24)23-12-9-18(29)16-20(23)30/h4-16,26-27H,3H2,1-2H3,(H,32,36)(H,33,37)/t26-,27-/m1/s1. The fourth-order valence-electron chi connectivity index (χ4n) is 4.64. The monoisotopic (exact) mass is 549 g/mol. The fraction of sp³-hybridized carbons (Fsp3) is 0.179. The Morgan fingerprint density at radius 2 is 1.95 bits per heavy atom. The van der Waals surface area contributed by atoms with Gasteiger partial charge in [-0.05, 0) is 85.4 Å². The molecule has 6 nitrogen and oxygen atoms in total. The van der Waals surface area contributed by atoms with Gasteiger partial charge >= 0.3 is 0 Å². The zero-order valence-electron chi connectivity index (χ0n) is 20.3. The number of amides is 1. The maximum Gasteiger partial charge on any atom is 0.224 e. The van der Waals surface area contributed by atoms with Crippen molar-refractivity contribution in [1.82, 2.24) is 14.9 Å². The quantitative estimate of drug-likeness (QED) is 0.253. The maximum atomic E-state index is 12.0. The minimum absolute atomic E-state index is 0.0278. The van der Waals surface area contributed by atoms with Crippen LogP contribution in [-0.4, -0.2) is 20.6 Å². The van der Waals surface area contributed by atoms with Gasteiger partial charge in [-0.15, -0.1) is 0 Å². The Balaban J connectivity index is 1.63. The molecule has 5 rings (SSSR count). The molecule has 2 N–H and O–H groups in total. The lowest BCUT2D eigenvalue weighted by atomic mass is 10.00. The summed E-state index contributed by atoms with van der Waals surface area (Å²) in [5.41, 5.74) is 5.30. The molecule has 3 heterocycles. The number of anilines is 2. The molecule has 0 aliphatic carbocycles. The van der Waals surface area contributed by atoms with E-state index >= 15 is 0 Å². The summed E-state index contributed by atoms with van der Waals surface area (Å²) >= 11 is 18.7. The van der Waals surface area contributed by atoms with Crippen LogP contribution in [0, 0.1) is 6.92 Å². The molecule has 1 fully saturated rings. The van der Waals surface area contributed by atoms with Crippen molar-refractivity contribution in [2.24, 2.45) is 0 Å². The van der Waals surface area contributed by atoms with Gasteiger partial charge in [0.1, 0.15) is 6.04 Å². The number of benzene rings is 2. The van der Waals surface area contributed by atoms with Gasteiger partial charge in [-0.2, -0.15) is 0 Å². The number of rotatable bonds is 6. The smallest absolute Gasteiger partial charge is 0.224 e. The van der Waals surface area contributed by atoms with Crippen molar-refractivity contribution >= 4 is 57.8 Å². The topological polar surface area (TPSA) is 62.2 Å². The molecule has 2 atom stereocenters. The number of hydrogen-bond acceptors (Lipinski definition) is 3. The molecule has 2 aromatic heterocycles. The minimum Gasteiger partial charge on any atom is -0.351 e. The summed E-state index contributed by atoms with van der Waals surface area (Å²) in [7, 11) is 0. The highest BCUT2D eigenvalue weighted by molar-refractivity contribution is 7.80. The van der Waals surface area contributed by atoms with Crippen LogP contribution in [0.4, 0.5) is 11.4 Å². The van der Waals surface area contributed by atoms with Crippen molar-refractivity contribution in [3.63, 3.8) is 0 Å².